The average Bonchev–Trinajstić information content (AvgIpc) is 3.47. The maximum Gasteiger partial charge on any atom is 0.310 e. The fraction of sp³-hybridized carbons (Fsp3) is 0.531. The zero-order valence-electron chi connectivity index (χ0n) is 21.4. The Kier molecular flexibility index (Phi) is 6.08. The highest BCUT2D eigenvalue weighted by atomic mass is 16.6. The summed E-state index contributed by atoms with van der Waals surface area (Å²) < 4.78 is 6.07. The summed E-state index contributed by atoms with van der Waals surface area (Å²) >= 11 is 0. The molecule has 0 aromatic heterocycles. The number of hydrogen-bond acceptors (Lipinski definition) is 4. The minimum atomic E-state index is -1.14. The molecule has 6 atom stereocenters. The second kappa shape index (κ2) is 9.15. The molecule has 0 radical (unpaired) electrons. The summed E-state index contributed by atoms with van der Waals surface area (Å²) in [5, 5.41) is 12.4. The van der Waals surface area contributed by atoms with Crippen LogP contribution < -0.4 is 0 Å². The summed E-state index contributed by atoms with van der Waals surface area (Å²) in [4.78, 5) is 15.7. The SMILES string of the molecule is C=C1CCC[C@]2(C)C[C@H]3OC(=O)[C@H](CN4CCC[C@H]4C(O)(c4ccccc4)c4ccccc4)[C@H]3C[C@@H]12. The number of nitrogens with zero attached hydrogens (tertiary/aromatic N) is 1. The van der Waals surface area contributed by atoms with E-state index in [1.54, 1.807) is 0 Å². The zero-order valence-corrected chi connectivity index (χ0v) is 21.4. The van der Waals surface area contributed by atoms with Crippen LogP contribution in [0.25, 0.3) is 0 Å². The molecule has 190 valence electrons. The number of aliphatic hydroxyl groups is 1. The Morgan fingerprint density at radius 2 is 1.75 bits per heavy atom. The van der Waals surface area contributed by atoms with E-state index in [9.17, 15) is 9.90 Å². The molecule has 0 spiro atoms. The van der Waals surface area contributed by atoms with Crippen molar-refractivity contribution >= 4 is 5.97 Å². The number of rotatable bonds is 5. The molecule has 2 saturated carbocycles. The van der Waals surface area contributed by atoms with Gasteiger partial charge in [0, 0.05) is 18.5 Å². The lowest BCUT2D eigenvalue weighted by atomic mass is 9.55. The van der Waals surface area contributed by atoms with E-state index in [0.717, 1.165) is 49.8 Å². The number of allylic oxidation sites excluding steroid dienone is 1. The molecule has 4 heteroatoms. The predicted molar refractivity (Wildman–Crippen MR) is 141 cm³/mol. The first-order valence-electron chi connectivity index (χ1n) is 13.9. The van der Waals surface area contributed by atoms with Crippen LogP contribution in [-0.2, 0) is 15.1 Å². The quantitative estimate of drug-likeness (QED) is 0.436. The summed E-state index contributed by atoms with van der Waals surface area (Å²) in [5.41, 5.74) is 2.27. The third-order valence-electron chi connectivity index (χ3n) is 10.0. The summed E-state index contributed by atoms with van der Waals surface area (Å²) in [5.74, 6) is 0.565. The molecule has 2 aliphatic heterocycles. The Hall–Kier alpha value is -2.43. The number of benzene rings is 2. The number of ether oxygens (including phenoxy) is 1. The van der Waals surface area contributed by atoms with E-state index in [4.69, 9.17) is 4.74 Å². The zero-order chi connectivity index (χ0) is 24.9. The average molecular weight is 486 g/mol. The summed E-state index contributed by atoms with van der Waals surface area (Å²) in [7, 11) is 0. The molecule has 2 aliphatic carbocycles. The smallest absolute Gasteiger partial charge is 0.310 e. The lowest BCUT2D eigenvalue weighted by molar-refractivity contribution is -0.146. The van der Waals surface area contributed by atoms with Crippen LogP contribution in [-0.4, -0.2) is 41.2 Å². The van der Waals surface area contributed by atoms with Gasteiger partial charge in [-0.3, -0.25) is 9.69 Å². The number of esters is 1. The van der Waals surface area contributed by atoms with Crippen LogP contribution in [0.5, 0.6) is 0 Å². The Morgan fingerprint density at radius 1 is 1.08 bits per heavy atom. The third kappa shape index (κ3) is 3.85. The summed E-state index contributed by atoms with van der Waals surface area (Å²) in [6, 6.07) is 20.0. The van der Waals surface area contributed by atoms with Gasteiger partial charge in [0.15, 0.2) is 0 Å². The second-order valence-corrected chi connectivity index (χ2v) is 12.1. The van der Waals surface area contributed by atoms with Gasteiger partial charge in [0.1, 0.15) is 11.7 Å². The van der Waals surface area contributed by atoms with Crippen LogP contribution in [0.2, 0.25) is 0 Å². The first kappa shape index (κ1) is 23.9. The van der Waals surface area contributed by atoms with Gasteiger partial charge in [0.2, 0.25) is 0 Å². The molecule has 4 fully saturated rings. The number of carbonyl (C=O) groups excluding carboxylic acids is 1. The Bertz CT molecular complexity index is 1080. The topological polar surface area (TPSA) is 49.8 Å². The fourth-order valence-corrected chi connectivity index (χ4v) is 8.17. The highest BCUT2D eigenvalue weighted by Crippen LogP contribution is 2.57. The Labute approximate surface area is 215 Å². The van der Waals surface area contributed by atoms with Crippen molar-refractivity contribution in [2.75, 3.05) is 13.1 Å². The van der Waals surface area contributed by atoms with Gasteiger partial charge in [0.25, 0.3) is 0 Å². The van der Waals surface area contributed by atoms with Gasteiger partial charge in [-0.1, -0.05) is 79.7 Å². The maximum absolute atomic E-state index is 13.3. The molecule has 4 nitrogen and oxygen atoms in total. The standard InChI is InChI=1S/C32H39NO3/c1-22-11-9-17-31(2)20-28-25(19-27(22)31)26(30(34)36-28)21-33-18-10-16-29(33)32(35,23-12-5-3-6-13-23)24-14-7-4-8-15-24/h3-8,12-15,25-29,35H,1,9-11,16-21H2,2H3/t25-,26-,27+,28-,29+,31-/m1/s1. The minimum absolute atomic E-state index is 0.0258. The van der Waals surface area contributed by atoms with Crippen LogP contribution in [0.4, 0.5) is 0 Å². The number of carbonyl (C=O) groups is 1. The molecule has 4 aliphatic rings. The molecule has 2 heterocycles. The molecule has 0 unspecified atom stereocenters. The molecule has 1 N–H and O–H groups in total. The van der Waals surface area contributed by atoms with Crippen LogP contribution in [0.1, 0.15) is 63.0 Å². The maximum atomic E-state index is 13.3. The van der Waals surface area contributed by atoms with Gasteiger partial charge in [-0.15, -0.1) is 0 Å². The molecule has 2 saturated heterocycles. The van der Waals surface area contributed by atoms with E-state index >= 15 is 0 Å². The van der Waals surface area contributed by atoms with Crippen molar-refractivity contribution in [3.63, 3.8) is 0 Å². The summed E-state index contributed by atoms with van der Waals surface area (Å²) in [6.45, 7) is 8.38. The second-order valence-electron chi connectivity index (χ2n) is 12.1. The van der Waals surface area contributed by atoms with Gasteiger partial charge < -0.3 is 9.84 Å². The lowest BCUT2D eigenvalue weighted by Gasteiger charge is -2.50. The van der Waals surface area contributed by atoms with Crippen molar-refractivity contribution in [2.24, 2.45) is 23.2 Å². The predicted octanol–water partition coefficient (Wildman–Crippen LogP) is 5.70. The number of fused-ring (bicyclic) bond motifs is 2. The minimum Gasteiger partial charge on any atom is -0.462 e. The van der Waals surface area contributed by atoms with Crippen molar-refractivity contribution in [1.82, 2.24) is 4.90 Å². The van der Waals surface area contributed by atoms with Crippen molar-refractivity contribution in [2.45, 2.75) is 69.6 Å². The van der Waals surface area contributed by atoms with Crippen LogP contribution in [0.15, 0.2) is 72.8 Å². The number of likely N-dealkylation sites (tertiary alicyclic amines) is 1. The molecule has 0 bridgehead atoms. The molecule has 6 rings (SSSR count). The van der Waals surface area contributed by atoms with E-state index < -0.39 is 5.60 Å². The van der Waals surface area contributed by atoms with Gasteiger partial charge in [-0.2, -0.15) is 0 Å². The van der Waals surface area contributed by atoms with Gasteiger partial charge in [-0.05, 0) is 74.0 Å². The normalized spacial score (nSPS) is 34.8. The highest BCUT2D eigenvalue weighted by molar-refractivity contribution is 5.75. The first-order chi connectivity index (χ1) is 17.4. The Balaban J connectivity index is 1.29. The van der Waals surface area contributed by atoms with E-state index in [1.807, 2.05) is 60.7 Å². The van der Waals surface area contributed by atoms with Gasteiger partial charge in [0.05, 0.1) is 5.92 Å². The third-order valence-corrected chi connectivity index (χ3v) is 10.0. The van der Waals surface area contributed by atoms with Gasteiger partial charge >= 0.3 is 5.97 Å². The molecule has 0 amide bonds. The van der Waals surface area contributed by atoms with Crippen molar-refractivity contribution in [1.29, 1.82) is 0 Å². The van der Waals surface area contributed by atoms with Crippen LogP contribution in [0, 0.1) is 23.2 Å². The lowest BCUT2D eigenvalue weighted by Crippen LogP contribution is -2.51. The molecular weight excluding hydrogens is 446 g/mol. The van der Waals surface area contributed by atoms with Crippen LogP contribution >= 0.6 is 0 Å². The van der Waals surface area contributed by atoms with Crippen molar-refractivity contribution in [3.8, 4) is 0 Å². The Morgan fingerprint density at radius 3 is 2.42 bits per heavy atom. The summed E-state index contributed by atoms with van der Waals surface area (Å²) in [6.07, 6.45) is 7.44. The largest absolute Gasteiger partial charge is 0.462 e. The molecule has 2 aromatic rings. The molecular formula is C32H39NO3. The first-order valence-corrected chi connectivity index (χ1v) is 13.9. The van der Waals surface area contributed by atoms with E-state index in [1.165, 1.54) is 18.4 Å². The monoisotopic (exact) mass is 485 g/mol. The van der Waals surface area contributed by atoms with E-state index in [-0.39, 0.29) is 35.4 Å². The molecule has 2 aromatic carbocycles. The molecule has 36 heavy (non-hydrogen) atoms. The fourth-order valence-electron chi connectivity index (χ4n) is 8.17. The van der Waals surface area contributed by atoms with E-state index in [2.05, 4.69) is 18.4 Å². The highest BCUT2D eigenvalue weighted by Gasteiger charge is 2.56. The van der Waals surface area contributed by atoms with Crippen molar-refractivity contribution < 1.29 is 14.6 Å². The van der Waals surface area contributed by atoms with Gasteiger partial charge in [-0.25, -0.2) is 0 Å². The number of hydrogen-bond donors (Lipinski definition) is 1. The van der Waals surface area contributed by atoms with E-state index in [0.29, 0.717) is 12.5 Å². The van der Waals surface area contributed by atoms with Crippen LogP contribution in [0.3, 0.4) is 0 Å². The van der Waals surface area contributed by atoms with Crippen molar-refractivity contribution in [3.05, 3.63) is 83.9 Å².